The highest BCUT2D eigenvalue weighted by atomic mass is 32.2. The van der Waals surface area contributed by atoms with Crippen molar-refractivity contribution in [2.24, 2.45) is 0 Å². The molecule has 0 spiro atoms. The van der Waals surface area contributed by atoms with Crippen LogP contribution in [-0.2, 0) is 82.3 Å². The van der Waals surface area contributed by atoms with E-state index in [1.165, 1.54) is 44.9 Å². The zero-order valence-electron chi connectivity index (χ0n) is 37.9. The molecule has 0 heterocycles. The third-order valence-corrected chi connectivity index (χ3v) is 10.0. The fraction of sp³-hybridized carbons (Fsp3) is 0.864. The molecule has 0 saturated carbocycles. The predicted octanol–water partition coefficient (Wildman–Crippen LogP) is 4.28. The minimum absolute atomic E-state index is 0.0181. The molecule has 1 N–H and O–H groups in total. The first kappa shape index (κ1) is 58.6. The van der Waals surface area contributed by atoms with Gasteiger partial charge < -0.3 is 66.7 Å². The maximum atomic E-state index is 12.5. The molecule has 0 fully saturated rings. The van der Waals surface area contributed by atoms with E-state index in [-0.39, 0.29) is 24.7 Å². The molecule has 0 aromatic heterocycles. The minimum Gasteiger partial charge on any atom is -0.394 e. The topological polar surface area (TPSA) is 184 Å². The van der Waals surface area contributed by atoms with Crippen LogP contribution >= 0.6 is 0 Å². The number of ether oxygens (including phenoxy) is 13. The van der Waals surface area contributed by atoms with Gasteiger partial charge in [-0.15, -0.1) is 0 Å². The molecule has 0 aliphatic rings. The second kappa shape index (κ2) is 47.5. The van der Waals surface area contributed by atoms with Gasteiger partial charge in [0.1, 0.15) is 0 Å². The summed E-state index contributed by atoms with van der Waals surface area (Å²) >= 11 is 0. The second-order valence-electron chi connectivity index (χ2n) is 13.8. The summed E-state index contributed by atoms with van der Waals surface area (Å²) in [5.74, 6) is 0. The number of hydrogen-bond donors (Lipinski definition) is 1. The lowest BCUT2D eigenvalue weighted by molar-refractivity contribution is -0.0293. The molecule has 0 aliphatic heterocycles. The summed E-state index contributed by atoms with van der Waals surface area (Å²) in [7, 11) is -3.82. The molecule has 0 aliphatic carbocycles. The van der Waals surface area contributed by atoms with E-state index in [1.807, 2.05) is 12.1 Å². The Bertz CT molecular complexity index is 1130. The van der Waals surface area contributed by atoms with Gasteiger partial charge in [-0.3, -0.25) is 4.18 Å². The third-order valence-electron chi connectivity index (χ3n) is 8.70. The Morgan fingerprint density at radius 1 is 0.355 bits per heavy atom. The lowest BCUT2D eigenvalue weighted by Gasteiger charge is -2.09. The summed E-state index contributed by atoms with van der Waals surface area (Å²) in [6.07, 6.45) is 11.1. The van der Waals surface area contributed by atoms with Crippen LogP contribution in [0.25, 0.3) is 0 Å². The Morgan fingerprint density at radius 2 is 0.613 bits per heavy atom. The summed E-state index contributed by atoms with van der Waals surface area (Å²) in [6.45, 7) is 13.8. The lowest BCUT2D eigenvalue weighted by Crippen LogP contribution is -2.16. The van der Waals surface area contributed by atoms with Gasteiger partial charge in [-0.25, -0.2) is 0 Å². The van der Waals surface area contributed by atoms with E-state index in [0.29, 0.717) is 165 Å². The number of rotatable bonds is 52. The van der Waals surface area contributed by atoms with E-state index in [9.17, 15) is 8.42 Å². The first-order chi connectivity index (χ1) is 30.6. The summed E-state index contributed by atoms with van der Waals surface area (Å²) in [6, 6.07) is 6.98. The number of aliphatic hydroxyl groups excluding tert-OH is 1. The van der Waals surface area contributed by atoms with Crippen LogP contribution < -0.4 is 0 Å². The molecule has 1 rings (SSSR count). The maximum absolute atomic E-state index is 12.5. The van der Waals surface area contributed by atoms with E-state index >= 15 is 0 Å². The molecule has 18 heteroatoms. The second-order valence-corrected chi connectivity index (χ2v) is 15.4. The molecule has 0 atom stereocenters. The molecule has 62 heavy (non-hydrogen) atoms. The van der Waals surface area contributed by atoms with Crippen molar-refractivity contribution >= 4 is 10.1 Å². The predicted molar refractivity (Wildman–Crippen MR) is 234 cm³/mol. The highest BCUT2D eigenvalue weighted by molar-refractivity contribution is 7.86. The van der Waals surface area contributed by atoms with Gasteiger partial charge >= 0.3 is 0 Å². The smallest absolute Gasteiger partial charge is 0.297 e. The quantitative estimate of drug-likeness (QED) is 0.0721. The molecular weight excluding hydrogens is 833 g/mol. The van der Waals surface area contributed by atoms with Crippen LogP contribution in [-0.4, -0.2) is 199 Å². The van der Waals surface area contributed by atoms with Crippen LogP contribution in [0.5, 0.6) is 0 Å². The zero-order chi connectivity index (χ0) is 44.5. The molecule has 0 amide bonds. The molecule has 366 valence electrons. The van der Waals surface area contributed by atoms with Crippen LogP contribution in [0.1, 0.15) is 63.9 Å². The van der Waals surface area contributed by atoms with Crippen molar-refractivity contribution in [2.45, 2.75) is 69.6 Å². The SMILES string of the molecule is CCCCCCCCCCc1ccc(S(=O)(=O)OCCOCCOCCOCCOCCOCCOCCOCCOCCOCCOCCOCCOCCOCCO)cc1. The zero-order valence-corrected chi connectivity index (χ0v) is 38.7. The average Bonchev–Trinajstić information content (AvgIpc) is 3.28. The van der Waals surface area contributed by atoms with Crippen molar-refractivity contribution in [1.29, 1.82) is 0 Å². The van der Waals surface area contributed by atoms with Gasteiger partial charge in [0.15, 0.2) is 0 Å². The van der Waals surface area contributed by atoms with E-state index < -0.39 is 10.1 Å². The molecule has 0 bridgehead atoms. The molecule has 17 nitrogen and oxygen atoms in total. The highest BCUT2D eigenvalue weighted by Crippen LogP contribution is 2.16. The van der Waals surface area contributed by atoms with E-state index in [2.05, 4.69) is 6.92 Å². The third kappa shape index (κ3) is 41.3. The van der Waals surface area contributed by atoms with Gasteiger partial charge in [-0.1, -0.05) is 64.0 Å². The first-order valence-electron chi connectivity index (χ1n) is 22.7. The van der Waals surface area contributed by atoms with Crippen LogP contribution in [0.2, 0.25) is 0 Å². The largest absolute Gasteiger partial charge is 0.394 e. The summed E-state index contributed by atoms with van der Waals surface area (Å²) in [5.41, 5.74) is 1.14. The van der Waals surface area contributed by atoms with E-state index in [1.54, 1.807) is 12.1 Å². The summed E-state index contributed by atoms with van der Waals surface area (Å²) < 4.78 is 101. The van der Waals surface area contributed by atoms with Crippen molar-refractivity contribution in [2.75, 3.05) is 185 Å². The standard InChI is InChI=1S/C44H82O17S/c1-2-3-4-5-6-7-8-9-10-43-11-13-44(14-12-43)62(46,47)61-42-41-60-40-39-59-38-37-58-36-35-57-34-33-56-32-31-55-30-29-54-28-27-53-26-25-52-24-23-51-22-21-50-20-19-49-18-17-48-16-15-45/h11-14,45H,2-10,15-42H2,1H3. The Kier molecular flexibility index (Phi) is 44.9. The number of aliphatic hydroxyl groups is 1. The van der Waals surface area contributed by atoms with Gasteiger partial charge in [0.2, 0.25) is 0 Å². The van der Waals surface area contributed by atoms with Crippen molar-refractivity contribution in [3.63, 3.8) is 0 Å². The molecule has 0 unspecified atom stereocenters. The summed E-state index contributed by atoms with van der Waals surface area (Å²) in [5, 5.41) is 8.60. The fourth-order valence-electron chi connectivity index (χ4n) is 5.36. The molecule has 0 radical (unpaired) electrons. The van der Waals surface area contributed by atoms with E-state index in [0.717, 1.165) is 18.4 Å². The van der Waals surface area contributed by atoms with Gasteiger partial charge in [-0.2, -0.15) is 8.42 Å². The Balaban J connectivity index is 1.72. The molecule has 1 aromatic carbocycles. The average molecular weight is 915 g/mol. The van der Waals surface area contributed by atoms with E-state index in [4.69, 9.17) is 70.9 Å². The van der Waals surface area contributed by atoms with Crippen molar-refractivity contribution in [1.82, 2.24) is 0 Å². The lowest BCUT2D eigenvalue weighted by atomic mass is 10.0. The van der Waals surface area contributed by atoms with Crippen LogP contribution in [0, 0.1) is 0 Å². The number of aryl methyl sites for hydroxylation is 1. The Morgan fingerprint density at radius 3 is 0.903 bits per heavy atom. The van der Waals surface area contributed by atoms with Crippen molar-refractivity contribution in [3.05, 3.63) is 29.8 Å². The van der Waals surface area contributed by atoms with Crippen LogP contribution in [0.4, 0.5) is 0 Å². The Hall–Kier alpha value is -1.43. The number of unbranched alkanes of at least 4 members (excludes halogenated alkanes) is 7. The molecule has 0 saturated heterocycles. The molecule has 1 aromatic rings. The van der Waals surface area contributed by atoms with Crippen molar-refractivity contribution in [3.8, 4) is 0 Å². The monoisotopic (exact) mass is 915 g/mol. The first-order valence-corrected chi connectivity index (χ1v) is 24.1. The van der Waals surface area contributed by atoms with Gasteiger partial charge in [-0.05, 0) is 30.5 Å². The number of hydrogen-bond acceptors (Lipinski definition) is 17. The van der Waals surface area contributed by atoms with Gasteiger partial charge in [0.05, 0.1) is 190 Å². The normalized spacial score (nSPS) is 11.9. The number of benzene rings is 1. The van der Waals surface area contributed by atoms with Crippen molar-refractivity contribution < 1.29 is 79.3 Å². The Labute approximate surface area is 373 Å². The summed E-state index contributed by atoms with van der Waals surface area (Å²) in [4.78, 5) is 0.161. The van der Waals surface area contributed by atoms with Gasteiger partial charge in [0, 0.05) is 0 Å². The maximum Gasteiger partial charge on any atom is 0.297 e. The molecular formula is C44H82O17S. The van der Waals surface area contributed by atoms with Gasteiger partial charge in [0.25, 0.3) is 10.1 Å². The minimum atomic E-state index is -3.82. The highest BCUT2D eigenvalue weighted by Gasteiger charge is 2.15. The van der Waals surface area contributed by atoms with Crippen LogP contribution in [0.15, 0.2) is 29.2 Å². The van der Waals surface area contributed by atoms with Crippen LogP contribution in [0.3, 0.4) is 0 Å². The fourth-order valence-corrected chi connectivity index (χ4v) is 6.26.